The van der Waals surface area contributed by atoms with Gasteiger partial charge in [0.05, 0.1) is 6.10 Å². The lowest BCUT2D eigenvalue weighted by atomic mass is 9.87. The zero-order valence-corrected chi connectivity index (χ0v) is 14.8. The Labute approximate surface area is 143 Å². The standard InChI is InChI=1S/C19H25NO2S/c1-19(2,3)16-6-8-18(9-7-16)22-12-17(21)14-23-13-15-5-4-10-20-11-15/h4-11,17,21H,12-14H2,1-3H3. The number of nitrogens with zero attached hydrogens (tertiary/aromatic N) is 1. The van der Waals surface area contributed by atoms with Gasteiger partial charge in [0.2, 0.25) is 0 Å². The highest BCUT2D eigenvalue weighted by atomic mass is 32.2. The van der Waals surface area contributed by atoms with E-state index in [1.807, 2.05) is 30.5 Å². The number of hydrogen-bond acceptors (Lipinski definition) is 4. The average Bonchev–Trinajstić information content (AvgIpc) is 2.53. The molecule has 0 aliphatic rings. The van der Waals surface area contributed by atoms with E-state index >= 15 is 0 Å². The van der Waals surface area contributed by atoms with Gasteiger partial charge in [0.25, 0.3) is 0 Å². The quantitative estimate of drug-likeness (QED) is 0.831. The van der Waals surface area contributed by atoms with Crippen molar-refractivity contribution in [2.24, 2.45) is 0 Å². The van der Waals surface area contributed by atoms with Crippen LogP contribution >= 0.6 is 11.8 Å². The summed E-state index contributed by atoms with van der Waals surface area (Å²) in [6, 6.07) is 12.1. The second kappa shape index (κ2) is 8.37. The van der Waals surface area contributed by atoms with E-state index in [0.717, 1.165) is 11.5 Å². The maximum Gasteiger partial charge on any atom is 0.119 e. The summed E-state index contributed by atoms with van der Waals surface area (Å²) < 4.78 is 5.66. The van der Waals surface area contributed by atoms with E-state index in [1.54, 1.807) is 18.0 Å². The van der Waals surface area contributed by atoms with Crippen LogP contribution in [0.25, 0.3) is 0 Å². The number of aliphatic hydroxyl groups excluding tert-OH is 1. The number of benzene rings is 1. The minimum Gasteiger partial charge on any atom is -0.491 e. The molecule has 1 unspecified atom stereocenters. The van der Waals surface area contributed by atoms with E-state index in [2.05, 4.69) is 37.9 Å². The fraction of sp³-hybridized carbons (Fsp3) is 0.421. The summed E-state index contributed by atoms with van der Waals surface area (Å²) in [7, 11) is 0. The summed E-state index contributed by atoms with van der Waals surface area (Å²) >= 11 is 1.69. The minimum absolute atomic E-state index is 0.140. The van der Waals surface area contributed by atoms with Gasteiger partial charge in [-0.3, -0.25) is 4.98 Å². The summed E-state index contributed by atoms with van der Waals surface area (Å²) in [6.45, 7) is 6.87. The molecule has 23 heavy (non-hydrogen) atoms. The van der Waals surface area contributed by atoms with Crippen LogP contribution < -0.4 is 4.74 Å². The maximum absolute atomic E-state index is 10.0. The summed E-state index contributed by atoms with van der Waals surface area (Å²) in [5, 5.41) is 10.0. The normalized spacial score (nSPS) is 12.9. The van der Waals surface area contributed by atoms with E-state index in [-0.39, 0.29) is 5.41 Å². The van der Waals surface area contributed by atoms with Crippen LogP contribution in [0.4, 0.5) is 0 Å². The molecule has 1 atom stereocenters. The second-order valence-corrected chi connectivity index (χ2v) is 7.65. The molecule has 0 amide bonds. The van der Waals surface area contributed by atoms with Gasteiger partial charge in [-0.2, -0.15) is 11.8 Å². The van der Waals surface area contributed by atoms with Crippen molar-refractivity contribution in [1.82, 2.24) is 4.98 Å². The summed E-state index contributed by atoms with van der Waals surface area (Å²) in [4.78, 5) is 4.08. The summed E-state index contributed by atoms with van der Waals surface area (Å²) in [5.41, 5.74) is 2.59. The molecule has 0 spiro atoms. The van der Waals surface area contributed by atoms with Crippen molar-refractivity contribution in [2.45, 2.75) is 38.0 Å². The van der Waals surface area contributed by atoms with Gasteiger partial charge in [-0.25, -0.2) is 0 Å². The van der Waals surface area contributed by atoms with Crippen molar-refractivity contribution < 1.29 is 9.84 Å². The molecule has 4 heteroatoms. The lowest BCUT2D eigenvalue weighted by Gasteiger charge is -2.19. The number of pyridine rings is 1. The van der Waals surface area contributed by atoms with E-state index in [0.29, 0.717) is 12.4 Å². The van der Waals surface area contributed by atoms with Gasteiger partial charge in [0.1, 0.15) is 12.4 Å². The second-order valence-electron chi connectivity index (χ2n) is 6.62. The smallest absolute Gasteiger partial charge is 0.119 e. The van der Waals surface area contributed by atoms with E-state index < -0.39 is 6.10 Å². The summed E-state index contributed by atoms with van der Waals surface area (Å²) in [6.07, 6.45) is 3.15. The zero-order chi connectivity index (χ0) is 16.7. The van der Waals surface area contributed by atoms with Gasteiger partial charge in [0.15, 0.2) is 0 Å². The van der Waals surface area contributed by atoms with Crippen molar-refractivity contribution in [2.75, 3.05) is 12.4 Å². The topological polar surface area (TPSA) is 42.4 Å². The van der Waals surface area contributed by atoms with Crippen molar-refractivity contribution in [1.29, 1.82) is 0 Å². The van der Waals surface area contributed by atoms with Gasteiger partial charge < -0.3 is 9.84 Å². The van der Waals surface area contributed by atoms with Crippen LogP contribution in [0.15, 0.2) is 48.8 Å². The van der Waals surface area contributed by atoms with Crippen LogP contribution in [0.2, 0.25) is 0 Å². The number of hydrogen-bond donors (Lipinski definition) is 1. The lowest BCUT2D eigenvalue weighted by molar-refractivity contribution is 0.126. The zero-order valence-electron chi connectivity index (χ0n) is 14.0. The Hall–Kier alpha value is -1.52. The minimum atomic E-state index is -0.473. The van der Waals surface area contributed by atoms with Crippen molar-refractivity contribution in [3.8, 4) is 5.75 Å². The van der Waals surface area contributed by atoms with Crippen LogP contribution in [0.5, 0.6) is 5.75 Å². The number of rotatable bonds is 7. The third kappa shape index (κ3) is 6.24. The fourth-order valence-corrected chi connectivity index (χ4v) is 2.98. The highest BCUT2D eigenvalue weighted by molar-refractivity contribution is 7.98. The van der Waals surface area contributed by atoms with Gasteiger partial charge in [-0.1, -0.05) is 39.0 Å². The van der Waals surface area contributed by atoms with Crippen molar-refractivity contribution in [3.63, 3.8) is 0 Å². The number of aromatic nitrogens is 1. The molecule has 0 aliphatic heterocycles. The van der Waals surface area contributed by atoms with Gasteiger partial charge in [-0.15, -0.1) is 0 Å². The van der Waals surface area contributed by atoms with E-state index in [9.17, 15) is 5.11 Å². The Balaban J connectivity index is 1.71. The third-order valence-electron chi connectivity index (χ3n) is 3.46. The van der Waals surface area contributed by atoms with Crippen LogP contribution in [0.1, 0.15) is 31.9 Å². The first kappa shape index (κ1) is 17.8. The molecule has 0 bridgehead atoms. The molecule has 1 heterocycles. The molecule has 124 valence electrons. The van der Waals surface area contributed by atoms with E-state index in [4.69, 9.17) is 4.74 Å². The Bertz CT molecular complexity index is 579. The highest BCUT2D eigenvalue weighted by Gasteiger charge is 2.13. The molecular formula is C19H25NO2S. The van der Waals surface area contributed by atoms with Gasteiger partial charge >= 0.3 is 0 Å². The third-order valence-corrected chi connectivity index (χ3v) is 4.62. The molecule has 1 N–H and O–H groups in total. The van der Waals surface area contributed by atoms with Crippen LogP contribution in [0.3, 0.4) is 0 Å². The highest BCUT2D eigenvalue weighted by Crippen LogP contribution is 2.24. The molecule has 1 aromatic carbocycles. The predicted molar refractivity (Wildman–Crippen MR) is 97.0 cm³/mol. The SMILES string of the molecule is CC(C)(C)c1ccc(OCC(O)CSCc2cccnc2)cc1. The molecule has 3 nitrogen and oxygen atoms in total. The maximum atomic E-state index is 10.0. The first-order valence-corrected chi connectivity index (χ1v) is 8.98. The van der Waals surface area contributed by atoms with Crippen LogP contribution in [-0.2, 0) is 11.2 Å². The Morgan fingerprint density at radius 3 is 2.52 bits per heavy atom. The molecule has 1 aromatic heterocycles. The molecule has 0 radical (unpaired) electrons. The van der Waals surface area contributed by atoms with Crippen LogP contribution in [0, 0.1) is 0 Å². The Morgan fingerprint density at radius 1 is 1.17 bits per heavy atom. The number of thioether (sulfide) groups is 1. The molecule has 2 aromatic rings. The average molecular weight is 331 g/mol. The molecule has 0 fully saturated rings. The lowest BCUT2D eigenvalue weighted by Crippen LogP contribution is -2.20. The number of aliphatic hydroxyl groups is 1. The summed E-state index contributed by atoms with van der Waals surface area (Å²) in [5.74, 6) is 2.30. The first-order valence-electron chi connectivity index (χ1n) is 7.83. The van der Waals surface area contributed by atoms with E-state index in [1.165, 1.54) is 11.1 Å². The first-order chi connectivity index (χ1) is 10.9. The molecule has 2 rings (SSSR count). The molecule has 0 saturated heterocycles. The predicted octanol–water partition coefficient (Wildman–Crippen LogP) is 4.05. The number of ether oxygens (including phenoxy) is 1. The molecule has 0 aliphatic carbocycles. The molecular weight excluding hydrogens is 306 g/mol. The van der Waals surface area contributed by atoms with Gasteiger partial charge in [-0.05, 0) is 34.7 Å². The Kier molecular flexibility index (Phi) is 6.48. The fourth-order valence-electron chi connectivity index (χ4n) is 2.09. The van der Waals surface area contributed by atoms with Crippen molar-refractivity contribution in [3.05, 3.63) is 59.9 Å². The van der Waals surface area contributed by atoms with Gasteiger partial charge in [0, 0.05) is 23.9 Å². The largest absolute Gasteiger partial charge is 0.491 e. The molecule has 0 saturated carbocycles. The van der Waals surface area contributed by atoms with Crippen LogP contribution in [-0.4, -0.2) is 28.6 Å². The monoisotopic (exact) mass is 331 g/mol. The van der Waals surface area contributed by atoms with Crippen molar-refractivity contribution >= 4 is 11.8 Å². The Morgan fingerprint density at radius 2 is 1.91 bits per heavy atom.